The number of carbonyl (C=O) groups excluding carboxylic acids is 1. The number of hydrogen-bond donors (Lipinski definition) is 1. The number of carbonyl (C=O) groups is 1. The molecule has 39 heavy (non-hydrogen) atoms. The number of hydrogen-bond acceptors (Lipinski definition) is 6. The van der Waals surface area contributed by atoms with Gasteiger partial charge in [-0.25, -0.2) is 4.98 Å². The number of amides is 1. The fourth-order valence-electron chi connectivity index (χ4n) is 7.70. The van der Waals surface area contributed by atoms with E-state index in [1.54, 1.807) is 0 Å². The predicted octanol–water partition coefficient (Wildman–Crippen LogP) is 6.89. The van der Waals surface area contributed by atoms with Crippen LogP contribution in [-0.4, -0.2) is 51.2 Å². The Balaban J connectivity index is 1.02. The normalized spacial score (nSPS) is 24.4. The second kappa shape index (κ2) is 9.76. The minimum atomic E-state index is -0.163. The molecule has 3 heterocycles. The minimum absolute atomic E-state index is 0.163. The Labute approximate surface area is 237 Å². The number of rotatable bonds is 6. The summed E-state index contributed by atoms with van der Waals surface area (Å²) >= 11 is 2.06. The maximum atomic E-state index is 13.5. The van der Waals surface area contributed by atoms with Crippen molar-refractivity contribution in [3.8, 4) is 0 Å². The van der Waals surface area contributed by atoms with Gasteiger partial charge in [0.2, 0.25) is 11.9 Å². The molecule has 1 aromatic carbocycles. The van der Waals surface area contributed by atoms with Crippen LogP contribution in [0.25, 0.3) is 0 Å². The van der Waals surface area contributed by atoms with Gasteiger partial charge in [0.1, 0.15) is 5.82 Å². The highest BCUT2D eigenvalue weighted by Gasteiger charge is 2.56. The van der Waals surface area contributed by atoms with Crippen LogP contribution in [0.1, 0.15) is 89.2 Å². The molecule has 6 nitrogen and oxygen atoms in total. The quantitative estimate of drug-likeness (QED) is 0.427. The van der Waals surface area contributed by atoms with Crippen molar-refractivity contribution in [2.75, 3.05) is 23.3 Å². The Bertz CT molecular complexity index is 1250. The highest BCUT2D eigenvalue weighted by Crippen LogP contribution is 2.56. The molecule has 3 aliphatic carbocycles. The minimum Gasteiger partial charge on any atom is -0.324 e. The first kappa shape index (κ1) is 25.8. The Morgan fingerprint density at radius 2 is 1.82 bits per heavy atom. The smallest absolute Gasteiger partial charge is 0.234 e. The lowest BCUT2D eigenvalue weighted by atomic mass is 9.63. The lowest BCUT2D eigenvalue weighted by Crippen LogP contribution is -2.49. The van der Waals surface area contributed by atoms with E-state index in [4.69, 9.17) is 9.97 Å². The number of benzene rings is 1. The molecule has 4 fully saturated rings. The largest absolute Gasteiger partial charge is 0.324 e. The summed E-state index contributed by atoms with van der Waals surface area (Å²) in [6.45, 7) is 9.36. The molecule has 1 saturated heterocycles. The second-order valence-corrected chi connectivity index (χ2v) is 14.9. The topological polar surface area (TPSA) is 61.4 Å². The van der Waals surface area contributed by atoms with E-state index in [9.17, 15) is 4.79 Å². The third-order valence-corrected chi connectivity index (χ3v) is 11.7. The van der Waals surface area contributed by atoms with Crippen LogP contribution in [0.2, 0.25) is 0 Å². The van der Waals surface area contributed by atoms with Crippen molar-refractivity contribution in [2.24, 2.45) is 10.8 Å². The van der Waals surface area contributed by atoms with Crippen LogP contribution < -0.4 is 10.2 Å². The lowest BCUT2D eigenvalue weighted by Gasteiger charge is -2.52. The summed E-state index contributed by atoms with van der Waals surface area (Å²) in [6.07, 6.45) is 14.8. The van der Waals surface area contributed by atoms with Crippen LogP contribution in [0.3, 0.4) is 0 Å². The first-order valence-corrected chi connectivity index (χ1v) is 16.2. The van der Waals surface area contributed by atoms with E-state index in [1.165, 1.54) is 62.1 Å². The molecular formula is C32H43N5OS. The van der Waals surface area contributed by atoms with Crippen LogP contribution in [0.15, 0.2) is 29.3 Å². The van der Waals surface area contributed by atoms with Gasteiger partial charge in [0.15, 0.2) is 0 Å². The van der Waals surface area contributed by atoms with Crippen molar-refractivity contribution in [1.29, 1.82) is 0 Å². The Kier molecular flexibility index (Phi) is 6.46. The molecule has 208 valence electrons. The fourth-order valence-corrected chi connectivity index (χ4v) is 9.35. The van der Waals surface area contributed by atoms with Crippen molar-refractivity contribution < 1.29 is 4.79 Å². The molecule has 0 bridgehead atoms. The van der Waals surface area contributed by atoms with Gasteiger partial charge in [-0.3, -0.25) is 9.69 Å². The van der Waals surface area contributed by atoms with E-state index in [2.05, 4.69) is 65.8 Å². The summed E-state index contributed by atoms with van der Waals surface area (Å²) in [5.41, 5.74) is 3.83. The molecule has 2 aromatic rings. The molecule has 0 radical (unpaired) electrons. The molecule has 2 aliphatic heterocycles. The number of piperidine rings is 1. The predicted molar refractivity (Wildman–Crippen MR) is 159 cm³/mol. The Morgan fingerprint density at radius 3 is 2.49 bits per heavy atom. The van der Waals surface area contributed by atoms with Crippen LogP contribution in [-0.2, 0) is 11.2 Å². The summed E-state index contributed by atoms with van der Waals surface area (Å²) in [6, 6.07) is 7.70. The van der Waals surface area contributed by atoms with E-state index in [0.717, 1.165) is 54.4 Å². The number of likely N-dealkylation sites (tertiary alicyclic amines) is 1. The zero-order chi connectivity index (χ0) is 26.8. The molecule has 7 heteroatoms. The highest BCUT2D eigenvalue weighted by molar-refractivity contribution is 8.00. The second-order valence-electron chi connectivity index (χ2n) is 13.5. The first-order chi connectivity index (χ1) is 18.8. The lowest BCUT2D eigenvalue weighted by molar-refractivity contribution is -0.124. The molecule has 5 aliphatic rings. The van der Waals surface area contributed by atoms with E-state index in [-0.39, 0.29) is 5.41 Å². The number of nitrogens with zero attached hydrogens (tertiary/aromatic N) is 4. The number of anilines is 3. The third-order valence-electron chi connectivity index (χ3n) is 10.5. The number of aromatic nitrogens is 2. The Hall–Kier alpha value is -2.12. The molecular weight excluding hydrogens is 502 g/mol. The molecule has 7 rings (SSSR count). The zero-order valence-corrected chi connectivity index (χ0v) is 24.7. The van der Waals surface area contributed by atoms with Gasteiger partial charge in [0.25, 0.3) is 0 Å². The maximum absolute atomic E-state index is 13.5. The average Bonchev–Trinajstić information content (AvgIpc) is 3.47. The summed E-state index contributed by atoms with van der Waals surface area (Å²) in [5.74, 6) is 1.76. The maximum Gasteiger partial charge on any atom is 0.234 e. The summed E-state index contributed by atoms with van der Waals surface area (Å²) in [4.78, 5) is 29.2. The van der Waals surface area contributed by atoms with E-state index >= 15 is 0 Å². The summed E-state index contributed by atoms with van der Waals surface area (Å²) in [7, 11) is 0. The SMILES string of the molecule is Cc1cc(SC2CC3(CCN(C(C)C)CC3)C2)ccc1Nc1ncc2c(n1)N(C1CCCC1)C(=O)C1(CC1)C2. The van der Waals surface area contributed by atoms with E-state index < -0.39 is 0 Å². The van der Waals surface area contributed by atoms with Crippen molar-refractivity contribution in [3.63, 3.8) is 0 Å². The summed E-state index contributed by atoms with van der Waals surface area (Å²) < 4.78 is 0. The first-order valence-electron chi connectivity index (χ1n) is 15.3. The number of fused-ring (bicyclic) bond motifs is 1. The van der Waals surface area contributed by atoms with Crippen LogP contribution in [0.4, 0.5) is 17.5 Å². The monoisotopic (exact) mass is 545 g/mol. The fraction of sp³-hybridized carbons (Fsp3) is 0.656. The average molecular weight is 546 g/mol. The van der Waals surface area contributed by atoms with Crippen molar-refractivity contribution in [1.82, 2.24) is 14.9 Å². The van der Waals surface area contributed by atoms with Crippen molar-refractivity contribution in [3.05, 3.63) is 35.5 Å². The van der Waals surface area contributed by atoms with Crippen LogP contribution in [0.5, 0.6) is 0 Å². The van der Waals surface area contributed by atoms with Gasteiger partial charge in [0.05, 0.1) is 5.41 Å². The van der Waals surface area contributed by atoms with Gasteiger partial charge in [-0.1, -0.05) is 12.8 Å². The molecule has 1 amide bonds. The van der Waals surface area contributed by atoms with Gasteiger partial charge in [-0.15, -0.1) is 11.8 Å². The number of aryl methyl sites for hydroxylation is 1. The van der Waals surface area contributed by atoms with Gasteiger partial charge in [-0.05, 0) is 121 Å². The van der Waals surface area contributed by atoms with Crippen LogP contribution in [0, 0.1) is 17.8 Å². The molecule has 1 N–H and O–H groups in total. The number of nitrogens with one attached hydrogen (secondary N) is 1. The molecule has 0 unspecified atom stereocenters. The van der Waals surface area contributed by atoms with E-state index in [1.807, 2.05) is 6.20 Å². The molecule has 1 aromatic heterocycles. The van der Waals surface area contributed by atoms with Crippen molar-refractivity contribution in [2.45, 2.75) is 114 Å². The number of thioether (sulfide) groups is 1. The zero-order valence-electron chi connectivity index (χ0n) is 23.8. The molecule has 2 spiro atoms. The molecule has 3 saturated carbocycles. The van der Waals surface area contributed by atoms with Gasteiger partial charge in [-0.2, -0.15) is 4.98 Å². The van der Waals surface area contributed by atoms with Crippen LogP contribution >= 0.6 is 11.8 Å². The van der Waals surface area contributed by atoms with Crippen molar-refractivity contribution >= 4 is 35.1 Å². The highest BCUT2D eigenvalue weighted by atomic mass is 32.2. The third kappa shape index (κ3) is 4.77. The van der Waals surface area contributed by atoms with Gasteiger partial charge in [0, 0.05) is 39.7 Å². The molecule has 0 atom stereocenters. The van der Waals surface area contributed by atoms with Gasteiger partial charge >= 0.3 is 0 Å². The van der Waals surface area contributed by atoms with E-state index in [0.29, 0.717) is 29.4 Å². The standard InChI is InChI=1S/C32H43N5OS/c1-21(2)36-14-12-31(13-15-36)18-26(19-31)39-25-8-9-27(22(3)16-25)34-30-33-20-23-17-32(10-11-32)29(38)37(28(23)35-30)24-6-4-5-7-24/h8-9,16,20-21,24,26H,4-7,10-15,17-19H2,1-3H3,(H,33,34,35). The Morgan fingerprint density at radius 1 is 1.08 bits per heavy atom. The summed E-state index contributed by atoms with van der Waals surface area (Å²) in [5, 5.41) is 4.22. The van der Waals surface area contributed by atoms with Gasteiger partial charge < -0.3 is 10.2 Å².